The van der Waals surface area contributed by atoms with Crippen LogP contribution in [0, 0.1) is 28.5 Å². The molecule has 16 heteroatoms. The summed E-state index contributed by atoms with van der Waals surface area (Å²) in [6.07, 6.45) is 1.35. The first-order chi connectivity index (χ1) is 24.4. The van der Waals surface area contributed by atoms with E-state index < -0.39 is 46.2 Å². The number of anilines is 2. The van der Waals surface area contributed by atoms with Crippen LogP contribution in [0.25, 0.3) is 10.9 Å². The molecule has 3 fully saturated rings. The van der Waals surface area contributed by atoms with Crippen molar-refractivity contribution in [1.82, 2.24) is 25.1 Å². The second-order valence-electron chi connectivity index (χ2n) is 14.1. The average molecular weight is 733 g/mol. The first kappa shape index (κ1) is 35.2. The van der Waals surface area contributed by atoms with E-state index in [1.807, 2.05) is 4.90 Å². The number of carbonyl (C=O) groups is 1. The van der Waals surface area contributed by atoms with Gasteiger partial charge in [0.1, 0.15) is 23.6 Å². The molecule has 7 rings (SSSR count). The molecule has 2 aromatic heterocycles. The first-order valence-corrected chi connectivity index (χ1v) is 17.7. The molecule has 3 aromatic rings. The zero-order valence-electron chi connectivity index (χ0n) is 27.9. The molecule has 51 heavy (non-hydrogen) atoms. The summed E-state index contributed by atoms with van der Waals surface area (Å²) in [6, 6.07) is 0.0363. The van der Waals surface area contributed by atoms with Crippen LogP contribution in [0.15, 0.2) is 24.9 Å². The van der Waals surface area contributed by atoms with Crippen LogP contribution in [0.3, 0.4) is 0 Å². The van der Waals surface area contributed by atoms with E-state index in [1.165, 1.54) is 12.3 Å². The fourth-order valence-electron chi connectivity index (χ4n) is 8.88. The van der Waals surface area contributed by atoms with Crippen LogP contribution < -0.4 is 14.5 Å². The molecule has 2 aliphatic carbocycles. The highest BCUT2D eigenvalue weighted by Crippen LogP contribution is 2.53. The summed E-state index contributed by atoms with van der Waals surface area (Å²) in [5.41, 5.74) is -0.429. The number of hydrogen-bond acceptors (Lipinski definition) is 8. The van der Waals surface area contributed by atoms with E-state index in [-0.39, 0.29) is 80.2 Å². The lowest BCUT2D eigenvalue weighted by atomic mass is 9.68. The highest BCUT2D eigenvalue weighted by molar-refractivity contribution is 6.32. The topological polar surface area (TPSA) is 114 Å². The van der Waals surface area contributed by atoms with Gasteiger partial charge in [0.2, 0.25) is 5.91 Å². The van der Waals surface area contributed by atoms with Gasteiger partial charge in [-0.3, -0.25) is 9.89 Å². The fraction of sp³-hybridized carbons (Fsp3) is 0.571. The number of rotatable bonds is 8. The van der Waals surface area contributed by atoms with Crippen molar-refractivity contribution in [3.8, 4) is 12.1 Å². The van der Waals surface area contributed by atoms with Crippen molar-refractivity contribution in [1.29, 1.82) is 5.26 Å². The Bertz CT molecular complexity index is 1870. The van der Waals surface area contributed by atoms with E-state index >= 15 is 17.6 Å². The molecule has 4 aliphatic rings. The third-order valence-electron chi connectivity index (χ3n) is 11.2. The Morgan fingerprint density at radius 2 is 2.02 bits per heavy atom. The van der Waals surface area contributed by atoms with E-state index in [0.29, 0.717) is 30.6 Å². The molecular weight excluding hydrogens is 695 g/mol. The normalized spacial score (nSPS) is 25.7. The number of nitrogens with one attached hydrogen (secondary N) is 1. The van der Waals surface area contributed by atoms with Gasteiger partial charge in [-0.15, -0.1) is 0 Å². The molecule has 1 saturated heterocycles. The van der Waals surface area contributed by atoms with Crippen LogP contribution in [0.4, 0.5) is 33.6 Å². The number of carbonyl (C=O) groups excluding carboxylic acids is 1. The number of piperazine rings is 1. The Hall–Kier alpha value is -4.19. The summed E-state index contributed by atoms with van der Waals surface area (Å²) in [6.45, 7) is 4.27. The van der Waals surface area contributed by atoms with Crippen molar-refractivity contribution < 1.29 is 31.5 Å². The van der Waals surface area contributed by atoms with Crippen molar-refractivity contribution in [2.24, 2.45) is 11.3 Å². The van der Waals surface area contributed by atoms with Crippen molar-refractivity contribution in [3.63, 3.8) is 0 Å². The number of ether oxygens (including phenoxy) is 1. The maximum atomic E-state index is 15.4. The van der Waals surface area contributed by atoms with Gasteiger partial charge < -0.3 is 19.4 Å². The Labute approximate surface area is 296 Å². The number of aromatic nitrogens is 4. The molecular formula is C35H38ClF5N8O2. The summed E-state index contributed by atoms with van der Waals surface area (Å²) >= 11 is 6.35. The van der Waals surface area contributed by atoms with Gasteiger partial charge >= 0.3 is 12.2 Å². The van der Waals surface area contributed by atoms with Crippen LogP contribution in [-0.2, 0) is 11.2 Å². The third kappa shape index (κ3) is 6.44. The highest BCUT2D eigenvalue weighted by Gasteiger charge is 2.50. The van der Waals surface area contributed by atoms with Gasteiger partial charge in [-0.25, -0.2) is 8.78 Å². The Kier molecular flexibility index (Phi) is 9.49. The highest BCUT2D eigenvalue weighted by atomic mass is 35.5. The zero-order chi connectivity index (χ0) is 36.1. The fourth-order valence-corrected chi connectivity index (χ4v) is 9.14. The minimum atomic E-state index is -4.94. The standard InChI is InChI=1S/C35H38ClF5N8O2/c1-2-27(50)48-14-13-47(18-22(48)9-11-42)31-23-6-4-12-49(30(35(39,40)41)28-24-17-43-46-26(24)15-25(38)29(28)36)32(23)45-33(44-31)51-19-34-10-3-5-20(34)7-8-21(37)16-34/h2,15,17,20-22,30H,1,3-10,12-14,16,18-19H2,(H,43,46)/t20?,21-,22-,30?,34?/m0/s1. The maximum Gasteiger partial charge on any atom is 0.413 e. The molecule has 0 bridgehead atoms. The number of alkyl halides is 4. The van der Waals surface area contributed by atoms with Gasteiger partial charge in [-0.1, -0.05) is 24.6 Å². The molecule has 3 unspecified atom stereocenters. The third-order valence-corrected chi connectivity index (χ3v) is 11.6. The average Bonchev–Trinajstić information content (AvgIpc) is 3.75. The van der Waals surface area contributed by atoms with Crippen molar-refractivity contribution >= 4 is 40.0 Å². The van der Waals surface area contributed by atoms with Crippen LogP contribution in [0.1, 0.15) is 68.5 Å². The second-order valence-corrected chi connectivity index (χ2v) is 14.5. The van der Waals surface area contributed by atoms with E-state index in [1.54, 1.807) is 4.90 Å². The Morgan fingerprint density at radius 3 is 2.78 bits per heavy atom. The first-order valence-electron chi connectivity index (χ1n) is 17.3. The lowest BCUT2D eigenvalue weighted by molar-refractivity contribution is -0.150. The van der Waals surface area contributed by atoms with E-state index in [4.69, 9.17) is 21.3 Å². The van der Waals surface area contributed by atoms with Gasteiger partial charge in [-0.2, -0.15) is 33.5 Å². The molecule has 2 saturated carbocycles. The number of fused-ring (bicyclic) bond motifs is 3. The Balaban J connectivity index is 1.34. The number of amides is 1. The number of H-pyrrole nitrogens is 1. The lowest BCUT2D eigenvalue weighted by Gasteiger charge is -2.43. The van der Waals surface area contributed by atoms with Gasteiger partial charge in [0, 0.05) is 54.2 Å². The van der Waals surface area contributed by atoms with Crippen molar-refractivity contribution in [3.05, 3.63) is 46.9 Å². The molecule has 1 aromatic carbocycles. The number of aromatic amines is 1. The summed E-state index contributed by atoms with van der Waals surface area (Å²) < 4.78 is 82.4. The van der Waals surface area contributed by atoms with Crippen LogP contribution >= 0.6 is 11.6 Å². The summed E-state index contributed by atoms with van der Waals surface area (Å²) in [7, 11) is 0. The minimum absolute atomic E-state index is 0.0159. The van der Waals surface area contributed by atoms with Gasteiger partial charge in [-0.05, 0) is 56.9 Å². The summed E-state index contributed by atoms with van der Waals surface area (Å²) in [4.78, 5) is 26.6. The maximum absolute atomic E-state index is 15.4. The number of hydrogen-bond donors (Lipinski definition) is 1. The molecule has 272 valence electrons. The summed E-state index contributed by atoms with van der Waals surface area (Å²) in [5.74, 6) is -0.788. The molecule has 4 heterocycles. The Morgan fingerprint density at radius 1 is 1.22 bits per heavy atom. The lowest BCUT2D eigenvalue weighted by Crippen LogP contribution is -2.55. The molecule has 1 N–H and O–H groups in total. The number of halogens is 6. The number of nitriles is 1. The number of nitrogens with zero attached hydrogens (tertiary/aromatic N) is 7. The van der Waals surface area contributed by atoms with Gasteiger partial charge in [0.25, 0.3) is 0 Å². The number of benzene rings is 1. The monoisotopic (exact) mass is 732 g/mol. The van der Waals surface area contributed by atoms with Crippen molar-refractivity contribution in [2.45, 2.75) is 82.2 Å². The zero-order valence-corrected chi connectivity index (χ0v) is 28.6. The van der Waals surface area contributed by atoms with E-state index in [2.05, 4.69) is 27.8 Å². The predicted molar refractivity (Wildman–Crippen MR) is 180 cm³/mol. The molecule has 0 spiro atoms. The second kappa shape index (κ2) is 13.7. The molecule has 0 radical (unpaired) electrons. The van der Waals surface area contributed by atoms with Crippen LogP contribution in [-0.4, -0.2) is 82.1 Å². The molecule has 5 atom stereocenters. The predicted octanol–water partition coefficient (Wildman–Crippen LogP) is 7.01. The quantitative estimate of drug-likeness (QED) is 0.195. The minimum Gasteiger partial charge on any atom is -0.463 e. The van der Waals surface area contributed by atoms with E-state index in [0.717, 1.165) is 36.6 Å². The van der Waals surface area contributed by atoms with E-state index in [9.17, 15) is 14.4 Å². The van der Waals surface area contributed by atoms with Crippen molar-refractivity contribution in [2.75, 3.05) is 42.6 Å². The SMILES string of the molecule is C=CC(=O)N1CCN(c2nc(OCC34CCCC3CC[C@H](F)C4)nc3c2CCCN3C(c2c(Cl)c(F)cc3[nH]ncc23)C(F)(F)F)C[C@@H]1CC#N. The smallest absolute Gasteiger partial charge is 0.413 e. The molecule has 1 amide bonds. The largest absolute Gasteiger partial charge is 0.463 e. The molecule has 10 nitrogen and oxygen atoms in total. The van der Waals surface area contributed by atoms with Gasteiger partial charge in [0.15, 0.2) is 6.04 Å². The molecule has 2 aliphatic heterocycles. The summed E-state index contributed by atoms with van der Waals surface area (Å²) in [5, 5.41) is 15.3. The van der Waals surface area contributed by atoms with Crippen LogP contribution in [0.2, 0.25) is 5.02 Å². The van der Waals surface area contributed by atoms with Crippen LogP contribution in [0.5, 0.6) is 6.01 Å². The van der Waals surface area contributed by atoms with Gasteiger partial charge in [0.05, 0.1) is 41.9 Å².